The van der Waals surface area contributed by atoms with E-state index in [1.807, 2.05) is 24.3 Å². The molecule has 0 aliphatic heterocycles. The molecule has 2 aromatic carbocycles. The highest BCUT2D eigenvalue weighted by molar-refractivity contribution is 7.99. The highest BCUT2D eigenvalue weighted by atomic mass is 32.2. The number of carbonyl (C=O) groups is 3. The Morgan fingerprint density at radius 3 is 2.28 bits per heavy atom. The number of benzene rings is 2. The Hall–Kier alpha value is -3.04. The number of ether oxygens (including phenoxy) is 2. The van der Waals surface area contributed by atoms with Crippen molar-refractivity contribution in [3.05, 3.63) is 59.7 Å². The number of carbonyl (C=O) groups excluding carboxylic acids is 2. The monoisotopic (exact) mass is 458 g/mol. The first-order valence-corrected chi connectivity index (χ1v) is 11.3. The zero-order valence-electron chi connectivity index (χ0n) is 17.7. The van der Waals surface area contributed by atoms with Crippen molar-refractivity contribution in [3.8, 4) is 11.1 Å². The van der Waals surface area contributed by atoms with E-state index in [0.717, 1.165) is 11.1 Å². The highest BCUT2D eigenvalue weighted by Gasteiger charge is 2.29. The topological polar surface area (TPSA) is 114 Å². The van der Waals surface area contributed by atoms with Crippen molar-refractivity contribution in [3.63, 3.8) is 0 Å². The van der Waals surface area contributed by atoms with E-state index in [2.05, 4.69) is 34.9 Å². The van der Waals surface area contributed by atoms with E-state index in [4.69, 9.17) is 14.6 Å². The summed E-state index contributed by atoms with van der Waals surface area (Å²) < 4.78 is 10.2. The van der Waals surface area contributed by atoms with Crippen LogP contribution in [-0.4, -0.2) is 67.5 Å². The van der Waals surface area contributed by atoms with Gasteiger partial charge in [-0.1, -0.05) is 48.5 Å². The minimum Gasteiger partial charge on any atom is -0.480 e. The van der Waals surface area contributed by atoms with E-state index in [1.54, 1.807) is 0 Å². The van der Waals surface area contributed by atoms with Gasteiger partial charge in [0.15, 0.2) is 6.04 Å². The largest absolute Gasteiger partial charge is 0.480 e. The lowest BCUT2D eigenvalue weighted by Crippen LogP contribution is -2.44. The number of hydrogen-bond donors (Lipinski definition) is 3. The van der Waals surface area contributed by atoms with Crippen molar-refractivity contribution < 1.29 is 29.0 Å². The molecule has 0 spiro atoms. The van der Waals surface area contributed by atoms with E-state index in [0.29, 0.717) is 12.3 Å². The average Bonchev–Trinajstić information content (AvgIpc) is 3.11. The van der Waals surface area contributed by atoms with Gasteiger partial charge in [-0.05, 0) is 22.3 Å². The molecule has 0 saturated heterocycles. The van der Waals surface area contributed by atoms with E-state index < -0.39 is 24.0 Å². The van der Waals surface area contributed by atoms with Crippen LogP contribution in [0.2, 0.25) is 0 Å². The SMILES string of the molecule is COCC(NC(=O)CSCCNC(=O)OCC1c2ccccc2-c2ccccc21)C(=O)O. The van der Waals surface area contributed by atoms with Crippen LogP contribution in [0.4, 0.5) is 4.79 Å². The van der Waals surface area contributed by atoms with Gasteiger partial charge in [-0.2, -0.15) is 11.8 Å². The molecular formula is C23H26N2O6S. The van der Waals surface area contributed by atoms with Crippen LogP contribution in [0.5, 0.6) is 0 Å². The number of thioether (sulfide) groups is 1. The van der Waals surface area contributed by atoms with Gasteiger partial charge >= 0.3 is 12.1 Å². The molecule has 0 radical (unpaired) electrons. The van der Waals surface area contributed by atoms with Crippen LogP contribution in [0.25, 0.3) is 11.1 Å². The van der Waals surface area contributed by atoms with E-state index >= 15 is 0 Å². The first kappa shape index (κ1) is 23.6. The van der Waals surface area contributed by atoms with Gasteiger partial charge in [0.1, 0.15) is 6.61 Å². The fraction of sp³-hybridized carbons (Fsp3) is 0.348. The maximum Gasteiger partial charge on any atom is 0.407 e. The van der Waals surface area contributed by atoms with Crippen LogP contribution in [0.1, 0.15) is 17.0 Å². The molecule has 1 unspecified atom stereocenters. The van der Waals surface area contributed by atoms with Crippen molar-refractivity contribution in [2.45, 2.75) is 12.0 Å². The zero-order valence-corrected chi connectivity index (χ0v) is 18.5. The van der Waals surface area contributed by atoms with Gasteiger partial charge in [-0.15, -0.1) is 0 Å². The predicted octanol–water partition coefficient (Wildman–Crippen LogP) is 2.47. The van der Waals surface area contributed by atoms with Gasteiger partial charge in [0.2, 0.25) is 5.91 Å². The second-order valence-electron chi connectivity index (χ2n) is 7.22. The number of aliphatic carboxylic acids is 1. The lowest BCUT2D eigenvalue weighted by Gasteiger charge is -2.15. The molecule has 9 heteroatoms. The van der Waals surface area contributed by atoms with Crippen LogP contribution >= 0.6 is 11.8 Å². The predicted molar refractivity (Wildman–Crippen MR) is 122 cm³/mol. The van der Waals surface area contributed by atoms with Crippen LogP contribution in [-0.2, 0) is 19.1 Å². The molecule has 1 atom stereocenters. The van der Waals surface area contributed by atoms with E-state index in [1.165, 1.54) is 30.0 Å². The van der Waals surface area contributed by atoms with E-state index in [9.17, 15) is 14.4 Å². The zero-order chi connectivity index (χ0) is 22.9. The Morgan fingerprint density at radius 2 is 1.69 bits per heavy atom. The fourth-order valence-electron chi connectivity index (χ4n) is 3.62. The number of carboxylic acid groups (broad SMARTS) is 1. The van der Waals surface area contributed by atoms with Crippen molar-refractivity contribution in [1.29, 1.82) is 0 Å². The molecule has 3 N–H and O–H groups in total. The second kappa shape index (κ2) is 11.5. The molecule has 1 aliphatic carbocycles. The third-order valence-electron chi connectivity index (χ3n) is 5.06. The van der Waals surface area contributed by atoms with Gasteiger partial charge in [0.05, 0.1) is 12.4 Å². The third-order valence-corrected chi connectivity index (χ3v) is 6.02. The van der Waals surface area contributed by atoms with Gasteiger partial charge in [-0.25, -0.2) is 9.59 Å². The van der Waals surface area contributed by atoms with Crippen molar-refractivity contribution in [1.82, 2.24) is 10.6 Å². The fourth-order valence-corrected chi connectivity index (χ4v) is 4.28. The Kier molecular flexibility index (Phi) is 8.52. The first-order chi connectivity index (χ1) is 15.5. The molecule has 0 saturated carbocycles. The summed E-state index contributed by atoms with van der Waals surface area (Å²) in [7, 11) is 1.37. The summed E-state index contributed by atoms with van der Waals surface area (Å²) in [4.78, 5) is 34.9. The number of methoxy groups -OCH3 is 1. The minimum absolute atomic E-state index is 0.000465. The standard InChI is InChI=1S/C23H26N2O6S/c1-30-13-20(22(27)28)25-21(26)14-32-11-10-24-23(29)31-12-19-17-8-4-2-6-15(17)16-7-3-5-9-18(16)19/h2-9,19-20H,10-14H2,1H3,(H,24,29)(H,25,26)(H,27,28). The third kappa shape index (κ3) is 6.02. The number of amides is 2. The molecule has 32 heavy (non-hydrogen) atoms. The molecular weight excluding hydrogens is 432 g/mol. The molecule has 0 aromatic heterocycles. The van der Waals surface area contributed by atoms with Gasteiger partial charge < -0.3 is 25.2 Å². The number of nitrogens with one attached hydrogen (secondary N) is 2. The summed E-state index contributed by atoms with van der Waals surface area (Å²) in [6.07, 6.45) is -0.511. The van der Waals surface area contributed by atoms with Gasteiger partial charge in [0.25, 0.3) is 0 Å². The minimum atomic E-state index is -1.15. The second-order valence-corrected chi connectivity index (χ2v) is 8.32. The highest BCUT2D eigenvalue weighted by Crippen LogP contribution is 2.44. The van der Waals surface area contributed by atoms with Gasteiger partial charge in [0, 0.05) is 25.3 Å². The smallest absolute Gasteiger partial charge is 0.407 e. The van der Waals surface area contributed by atoms with E-state index in [-0.39, 0.29) is 24.9 Å². The summed E-state index contributed by atoms with van der Waals surface area (Å²) in [6, 6.07) is 15.2. The van der Waals surface area contributed by atoms with Crippen LogP contribution < -0.4 is 10.6 Å². The molecule has 0 heterocycles. The van der Waals surface area contributed by atoms with Crippen molar-refractivity contribution in [2.75, 3.05) is 38.4 Å². The Balaban J connectivity index is 1.38. The molecule has 8 nitrogen and oxygen atoms in total. The molecule has 1 aliphatic rings. The summed E-state index contributed by atoms with van der Waals surface area (Å²) in [5.74, 6) is -0.984. The molecule has 170 valence electrons. The van der Waals surface area contributed by atoms with Crippen molar-refractivity contribution >= 4 is 29.7 Å². The number of fused-ring (bicyclic) bond motifs is 3. The Labute approximate surface area is 190 Å². The number of rotatable bonds is 11. The maximum atomic E-state index is 12.1. The Bertz CT molecular complexity index is 922. The quantitative estimate of drug-likeness (QED) is 0.443. The molecule has 0 bridgehead atoms. The maximum absolute atomic E-state index is 12.1. The van der Waals surface area contributed by atoms with Crippen molar-refractivity contribution in [2.24, 2.45) is 0 Å². The normalized spacial score (nSPS) is 13.0. The first-order valence-electron chi connectivity index (χ1n) is 10.2. The summed E-state index contributed by atoms with van der Waals surface area (Å²) in [5.41, 5.74) is 4.64. The average molecular weight is 459 g/mol. The number of carboxylic acids is 1. The summed E-state index contributed by atoms with van der Waals surface area (Å²) in [5, 5.41) is 14.1. The number of alkyl carbamates (subject to hydrolysis) is 1. The summed E-state index contributed by atoms with van der Waals surface area (Å²) >= 11 is 1.28. The van der Waals surface area contributed by atoms with Crippen LogP contribution in [0, 0.1) is 0 Å². The lowest BCUT2D eigenvalue weighted by molar-refractivity contribution is -0.142. The molecule has 2 amide bonds. The van der Waals surface area contributed by atoms with Gasteiger partial charge in [-0.3, -0.25) is 4.79 Å². The number of hydrogen-bond acceptors (Lipinski definition) is 6. The molecule has 2 aromatic rings. The van der Waals surface area contributed by atoms with Crippen LogP contribution in [0.15, 0.2) is 48.5 Å². The molecule has 0 fully saturated rings. The van der Waals surface area contributed by atoms with Crippen LogP contribution in [0.3, 0.4) is 0 Å². The Morgan fingerprint density at radius 1 is 1.06 bits per heavy atom. The summed E-state index contributed by atoms with van der Waals surface area (Å²) in [6.45, 7) is 0.468. The lowest BCUT2D eigenvalue weighted by atomic mass is 9.98. The molecule has 3 rings (SSSR count).